The number of hydrogen-bond acceptors (Lipinski definition) is 15. The molecule has 12 rings (SSSR count). The lowest BCUT2D eigenvalue weighted by Gasteiger charge is -2.63. The molecular weight excluding hydrogens is 1070 g/mol. The highest BCUT2D eigenvalue weighted by Gasteiger charge is 2.82. The lowest BCUT2D eigenvalue weighted by Crippen LogP contribution is -2.70. The van der Waals surface area contributed by atoms with Crippen molar-refractivity contribution in [2.45, 2.75) is 167 Å². The third-order valence-corrected chi connectivity index (χ3v) is 21.5. The number of rotatable bonds is 5. The molecule has 426 valence electrons. The Hall–Kier alpha value is -4.22. The van der Waals surface area contributed by atoms with Crippen LogP contribution in [0.15, 0.2) is 80.7 Å². The lowest BCUT2D eigenvalue weighted by molar-refractivity contribution is -0.233. The lowest BCUT2D eigenvalue weighted by atomic mass is 9.44. The van der Waals surface area contributed by atoms with Crippen LogP contribution in [0.2, 0.25) is 0 Å². The van der Waals surface area contributed by atoms with Crippen LogP contribution in [0.25, 0.3) is 0 Å². The minimum absolute atomic E-state index is 0. The Bertz CT molecular complexity index is 2950. The van der Waals surface area contributed by atoms with Crippen molar-refractivity contribution in [1.29, 1.82) is 0 Å². The van der Waals surface area contributed by atoms with Crippen LogP contribution in [-0.2, 0) is 38.1 Å². The summed E-state index contributed by atoms with van der Waals surface area (Å²) in [5, 5.41) is 23.7. The van der Waals surface area contributed by atoms with Gasteiger partial charge in [0.25, 0.3) is 5.24 Å². The van der Waals surface area contributed by atoms with E-state index in [-0.39, 0.29) is 64.5 Å². The zero-order valence-electron chi connectivity index (χ0n) is 42.7. The summed E-state index contributed by atoms with van der Waals surface area (Å²) in [6.45, 7) is 10.0. The molecule has 2 aliphatic heterocycles. The fourth-order valence-corrected chi connectivity index (χ4v) is 17.9. The van der Waals surface area contributed by atoms with E-state index in [0.717, 1.165) is 12.2 Å². The first kappa shape index (κ1) is 58.4. The van der Waals surface area contributed by atoms with E-state index in [9.17, 15) is 38.6 Å². The molecule has 0 radical (unpaired) electrons. The van der Waals surface area contributed by atoms with Crippen LogP contribution in [0, 0.1) is 59.2 Å². The maximum Gasteiger partial charge on any atom is 0.286 e. The molecule has 0 bridgehead atoms. The van der Waals surface area contributed by atoms with Crippen LogP contribution < -0.4 is 5.32 Å². The van der Waals surface area contributed by atoms with Gasteiger partial charge in [0.05, 0.1) is 24.4 Å². The van der Waals surface area contributed by atoms with Crippen molar-refractivity contribution in [1.82, 2.24) is 5.32 Å². The summed E-state index contributed by atoms with van der Waals surface area (Å²) in [6.07, 6.45) is -3.43. The quantitative estimate of drug-likeness (QED) is 0.239. The third-order valence-electron chi connectivity index (χ3n) is 19.9. The highest BCUT2D eigenvalue weighted by Crippen LogP contribution is 2.75. The second kappa shape index (κ2) is 19.5. The molecule has 2 aromatic rings. The molecule has 2 saturated heterocycles. The summed E-state index contributed by atoms with van der Waals surface area (Å²) in [7, 11) is 1.40. The number of halogens is 5. The second-order valence-electron chi connectivity index (χ2n) is 23.2. The Morgan fingerprint density at radius 3 is 1.45 bits per heavy atom. The van der Waals surface area contributed by atoms with Crippen molar-refractivity contribution < 1.29 is 83.9 Å². The van der Waals surface area contributed by atoms with Gasteiger partial charge in [-0.2, -0.15) is 0 Å². The summed E-state index contributed by atoms with van der Waals surface area (Å²) in [4.78, 5) is 64.0. The summed E-state index contributed by atoms with van der Waals surface area (Å²) < 4.78 is 116. The molecule has 0 spiro atoms. The molecule has 1 amide bonds. The van der Waals surface area contributed by atoms with E-state index in [2.05, 4.69) is 5.32 Å². The first-order valence-corrected chi connectivity index (χ1v) is 27.4. The summed E-state index contributed by atoms with van der Waals surface area (Å²) in [5.74, 6) is -2.19. The van der Waals surface area contributed by atoms with Crippen molar-refractivity contribution in [3.05, 3.63) is 94.9 Å². The second-order valence-corrected chi connectivity index (χ2v) is 25.0. The van der Waals surface area contributed by atoms with Gasteiger partial charge in [0.2, 0.25) is 22.8 Å². The number of alkyl halides is 5. The highest BCUT2D eigenvalue weighted by atomic mass is 32.2. The smallest absolute Gasteiger partial charge is 0.286 e. The molecule has 8 fully saturated rings. The van der Waals surface area contributed by atoms with Crippen molar-refractivity contribution >= 4 is 50.6 Å². The first-order valence-electron chi connectivity index (χ1n) is 25.6. The number of amides is 1. The van der Waals surface area contributed by atoms with Gasteiger partial charge in [0.15, 0.2) is 45.6 Å². The molecular formula is C57H68F5NO13S2. The van der Waals surface area contributed by atoms with E-state index in [1.54, 1.807) is 52.0 Å². The van der Waals surface area contributed by atoms with Gasteiger partial charge >= 0.3 is 0 Å². The molecule has 20 atom stereocenters. The summed E-state index contributed by atoms with van der Waals surface area (Å²) in [6, 6.07) is 5.81. The maximum absolute atomic E-state index is 17.5. The van der Waals surface area contributed by atoms with Gasteiger partial charge < -0.3 is 43.3 Å². The highest BCUT2D eigenvalue weighted by molar-refractivity contribution is 8.26. The Morgan fingerprint density at radius 2 is 1.08 bits per heavy atom. The zero-order valence-corrected chi connectivity index (χ0v) is 44.4. The molecule has 6 saturated carbocycles. The predicted octanol–water partition coefficient (Wildman–Crippen LogP) is 10.4. The van der Waals surface area contributed by atoms with Crippen LogP contribution in [0.3, 0.4) is 0 Å². The number of nitrogens with one attached hydrogen (secondary N) is 1. The number of aliphatic hydroxyl groups excluding tert-OH is 2. The topological polar surface area (TPSA) is 201 Å². The number of hydrogen-bond donors (Lipinski definition) is 3. The van der Waals surface area contributed by atoms with Crippen LogP contribution in [0.5, 0.6) is 0 Å². The van der Waals surface area contributed by atoms with Gasteiger partial charge in [-0.05, 0) is 138 Å². The molecule has 3 N–H and O–H groups in total. The minimum atomic E-state index is -2.31. The number of fused-ring (bicyclic) bond motifs is 14. The summed E-state index contributed by atoms with van der Waals surface area (Å²) >= 11 is 0.889. The van der Waals surface area contributed by atoms with Crippen LogP contribution in [0.4, 0.5) is 26.7 Å². The van der Waals surface area contributed by atoms with Gasteiger partial charge in [-0.1, -0.05) is 52.6 Å². The molecule has 10 aliphatic rings. The standard InChI is InChI=1S/C28H31F2NO7S.C27H29F3O6S.2CH4/c1-13-5-6-19(36-13)22-37-21-11-15-16-10-18(29)17-9-14(32)7-8-25(17,2)27(16,30)20(33)12-26(15,3)28(21,38-22)23(34)39-24(35)31-4;1-13-4-5-19(34-13)22-35-21-10-15-16-9-18(29)17-8-14(31)6-7-24(17,2)26(16,30)20(32)11-25(15,3)27(21,36-22)23(33)37-12-28;;/h5-9,15-16,18,20-22,33H,10-12H2,1-4H3,(H,31,35);4-8,15-16,18,20-22,32H,9-12H2,1-3H3;2*1H4/t15-,16-,18-,20-,21+,22?,25-,26-,27-,28-;15-,16-,18-,20-,21+,22-,24-,25-,26-,27-;;/m00../s1. The third kappa shape index (κ3) is 7.51. The van der Waals surface area contributed by atoms with Crippen LogP contribution in [0.1, 0.15) is 117 Å². The van der Waals surface area contributed by atoms with Gasteiger partial charge in [-0.15, -0.1) is 0 Å². The van der Waals surface area contributed by atoms with E-state index in [1.165, 1.54) is 45.2 Å². The molecule has 14 nitrogen and oxygen atoms in total. The number of allylic oxidation sites excluding steroid dienone is 8. The number of aryl methyl sites for hydroxylation is 2. The average molecular weight is 1130 g/mol. The van der Waals surface area contributed by atoms with Crippen molar-refractivity contribution in [3.8, 4) is 0 Å². The van der Waals surface area contributed by atoms with Crippen molar-refractivity contribution in [3.63, 3.8) is 0 Å². The monoisotopic (exact) mass is 1130 g/mol. The van der Waals surface area contributed by atoms with Gasteiger partial charge in [-0.25, -0.2) is 22.0 Å². The minimum Gasteiger partial charge on any atom is -0.461 e. The Kier molecular flexibility index (Phi) is 14.6. The molecule has 1 unspecified atom stereocenters. The van der Waals surface area contributed by atoms with Crippen molar-refractivity contribution in [2.75, 3.05) is 13.1 Å². The number of ether oxygens (including phenoxy) is 4. The molecule has 21 heteroatoms. The van der Waals surface area contributed by atoms with Crippen LogP contribution >= 0.6 is 23.5 Å². The number of carbonyl (C=O) groups is 5. The first-order chi connectivity index (χ1) is 35.7. The molecule has 2 aromatic heterocycles. The van der Waals surface area contributed by atoms with E-state index < -0.39 is 150 Å². The van der Waals surface area contributed by atoms with Gasteiger partial charge in [-0.3, -0.25) is 24.0 Å². The van der Waals surface area contributed by atoms with Gasteiger partial charge in [0.1, 0.15) is 29.9 Å². The molecule has 78 heavy (non-hydrogen) atoms. The number of carbonyl (C=O) groups excluding carboxylic acids is 5. The number of thioether (sulfide) groups is 2. The zero-order chi connectivity index (χ0) is 54.7. The fourth-order valence-electron chi connectivity index (χ4n) is 16.4. The maximum atomic E-state index is 17.5. The molecule has 8 aliphatic carbocycles. The Morgan fingerprint density at radius 1 is 0.667 bits per heavy atom. The van der Waals surface area contributed by atoms with E-state index in [1.807, 2.05) is 0 Å². The molecule has 4 heterocycles. The Labute approximate surface area is 458 Å². The molecule has 0 aromatic carbocycles. The van der Waals surface area contributed by atoms with E-state index in [4.69, 9.17) is 27.8 Å². The van der Waals surface area contributed by atoms with Crippen LogP contribution in [-0.4, -0.2) is 110 Å². The normalized spacial score (nSPS) is 45.9. The number of aliphatic hydroxyl groups is 2. The van der Waals surface area contributed by atoms with Crippen molar-refractivity contribution in [2.24, 2.45) is 45.3 Å². The number of ketones is 2. The Balaban J connectivity index is 0.000000185. The van der Waals surface area contributed by atoms with E-state index in [0.29, 0.717) is 46.6 Å². The fraction of sp³-hybridized carbons (Fsp3) is 0.632. The SMILES string of the molecule is C.C.CNC(=O)SC(=O)[C@@]12OC(c3ccc(C)o3)O[C@@H]1C[C@H]1[C@@H]3C[C@H](F)C4=CC(=O)C=C[C@]4(C)[C@@]3(F)[C@@H](O)C[C@@]12C.Cc1ccc([C@H]2O[C@@H]3C[C@H]4[C@@H]5C[C@H](F)C6=CC(=O)C=C[C@]6(C)[C@@]5(F)[C@@H](O)C[C@]4(C)[C@]3(C(=O)SCF)O2)o1. The number of furan rings is 2. The van der Waals surface area contributed by atoms with E-state index >= 15 is 17.6 Å². The van der Waals surface area contributed by atoms with Gasteiger partial charge in [0, 0.05) is 52.3 Å². The summed E-state index contributed by atoms with van der Waals surface area (Å²) in [5.41, 5.74) is -13.5. The average Bonchev–Trinajstić information content (AvgIpc) is 3.49. The largest absolute Gasteiger partial charge is 0.461 e. The predicted molar refractivity (Wildman–Crippen MR) is 277 cm³/mol.